The molecule has 18 heavy (non-hydrogen) atoms. The van der Waals surface area contributed by atoms with Crippen molar-refractivity contribution in [3.05, 3.63) is 47.7 Å². The zero-order valence-corrected chi connectivity index (χ0v) is 9.54. The Kier molecular flexibility index (Phi) is 2.33. The maximum Gasteiger partial charge on any atom is 0.178 e. The number of nitrogens with zero attached hydrogens (tertiary/aromatic N) is 2. The quantitative estimate of drug-likeness (QED) is 0.715. The van der Waals surface area contributed by atoms with E-state index in [-0.39, 0.29) is 11.4 Å². The topological polar surface area (TPSA) is 41.6 Å². The van der Waals surface area contributed by atoms with E-state index >= 15 is 0 Å². The van der Waals surface area contributed by atoms with Crippen LogP contribution < -0.4 is 0 Å². The average Bonchev–Trinajstić information content (AvgIpc) is 2.71. The van der Waals surface area contributed by atoms with Gasteiger partial charge < -0.3 is 4.98 Å². The Morgan fingerprint density at radius 2 is 1.89 bits per heavy atom. The van der Waals surface area contributed by atoms with Crippen molar-refractivity contribution in [1.29, 1.82) is 0 Å². The summed E-state index contributed by atoms with van der Waals surface area (Å²) in [5.74, 6) is -1.14. The Hall–Kier alpha value is -2.30. The van der Waals surface area contributed by atoms with Crippen LogP contribution in [-0.2, 0) is 0 Å². The maximum absolute atomic E-state index is 13.6. The lowest BCUT2D eigenvalue weighted by atomic mass is 10.2. The molecule has 2 aromatic heterocycles. The van der Waals surface area contributed by atoms with E-state index in [1.54, 1.807) is 6.20 Å². The summed E-state index contributed by atoms with van der Waals surface area (Å²) in [5.41, 5.74) is 1.89. The molecule has 0 fully saturated rings. The van der Waals surface area contributed by atoms with Crippen molar-refractivity contribution in [1.82, 2.24) is 15.0 Å². The van der Waals surface area contributed by atoms with Crippen LogP contribution >= 0.6 is 0 Å². The molecule has 3 rings (SSSR count). The molecule has 5 heteroatoms. The number of fused-ring (bicyclic) bond motifs is 1. The molecule has 0 spiro atoms. The van der Waals surface area contributed by atoms with Gasteiger partial charge in [0.25, 0.3) is 0 Å². The van der Waals surface area contributed by atoms with Crippen LogP contribution in [-0.4, -0.2) is 15.0 Å². The molecular formula is C13H9F2N3. The highest BCUT2D eigenvalue weighted by Gasteiger charge is 2.15. The van der Waals surface area contributed by atoms with Crippen molar-refractivity contribution in [3.8, 4) is 11.4 Å². The molecule has 3 aromatic rings. The second-order valence-electron chi connectivity index (χ2n) is 4.07. The largest absolute Gasteiger partial charge is 0.336 e. The molecule has 0 aliphatic rings. The van der Waals surface area contributed by atoms with Gasteiger partial charge in [0, 0.05) is 6.20 Å². The number of halogens is 2. The summed E-state index contributed by atoms with van der Waals surface area (Å²) in [7, 11) is 0. The lowest BCUT2D eigenvalue weighted by Crippen LogP contribution is -1.91. The lowest BCUT2D eigenvalue weighted by Gasteiger charge is -1.99. The van der Waals surface area contributed by atoms with Gasteiger partial charge in [0.05, 0.1) is 11.1 Å². The highest BCUT2D eigenvalue weighted by molar-refractivity contribution is 5.76. The SMILES string of the molecule is Cc1cnc2nc(-c3c(F)cccc3F)[nH]c2c1. The van der Waals surface area contributed by atoms with Gasteiger partial charge in [0.15, 0.2) is 5.65 Å². The van der Waals surface area contributed by atoms with Crippen LogP contribution in [0.25, 0.3) is 22.6 Å². The Morgan fingerprint density at radius 3 is 2.61 bits per heavy atom. The number of hydrogen-bond acceptors (Lipinski definition) is 2. The van der Waals surface area contributed by atoms with Gasteiger partial charge in [0.1, 0.15) is 17.5 Å². The zero-order chi connectivity index (χ0) is 12.7. The van der Waals surface area contributed by atoms with Gasteiger partial charge in [0.2, 0.25) is 0 Å². The van der Waals surface area contributed by atoms with Crippen LogP contribution in [0.2, 0.25) is 0 Å². The van der Waals surface area contributed by atoms with Gasteiger partial charge in [-0.2, -0.15) is 0 Å². The fraction of sp³-hybridized carbons (Fsp3) is 0.0769. The molecular weight excluding hydrogens is 236 g/mol. The second kappa shape index (κ2) is 3.87. The Balaban J connectivity index is 2.26. The van der Waals surface area contributed by atoms with Crippen molar-refractivity contribution in [2.24, 2.45) is 0 Å². The number of imidazole rings is 1. The molecule has 0 aliphatic heterocycles. The smallest absolute Gasteiger partial charge is 0.178 e. The number of aromatic amines is 1. The number of rotatable bonds is 1. The number of aromatic nitrogens is 3. The molecule has 3 nitrogen and oxygen atoms in total. The number of hydrogen-bond donors (Lipinski definition) is 1. The molecule has 1 aromatic carbocycles. The van der Waals surface area contributed by atoms with Crippen LogP contribution in [0.15, 0.2) is 30.5 Å². The molecule has 0 unspecified atom stereocenters. The van der Waals surface area contributed by atoms with Gasteiger partial charge in [-0.15, -0.1) is 0 Å². The first kappa shape index (κ1) is 10.8. The van der Waals surface area contributed by atoms with Crippen molar-refractivity contribution in [2.75, 3.05) is 0 Å². The third kappa shape index (κ3) is 1.64. The van der Waals surface area contributed by atoms with Crippen molar-refractivity contribution in [3.63, 3.8) is 0 Å². The summed E-state index contributed by atoms with van der Waals surface area (Å²) in [6.07, 6.45) is 1.66. The minimum atomic E-state index is -0.647. The van der Waals surface area contributed by atoms with Crippen LogP contribution in [0.3, 0.4) is 0 Å². The number of pyridine rings is 1. The predicted molar refractivity (Wildman–Crippen MR) is 64.0 cm³/mol. The van der Waals surface area contributed by atoms with E-state index in [1.165, 1.54) is 18.2 Å². The average molecular weight is 245 g/mol. The summed E-state index contributed by atoms with van der Waals surface area (Å²) in [6.45, 7) is 1.89. The van der Waals surface area contributed by atoms with Gasteiger partial charge in [-0.1, -0.05) is 6.07 Å². The van der Waals surface area contributed by atoms with E-state index in [9.17, 15) is 8.78 Å². The summed E-state index contributed by atoms with van der Waals surface area (Å²) >= 11 is 0. The first-order valence-electron chi connectivity index (χ1n) is 5.42. The monoisotopic (exact) mass is 245 g/mol. The Bertz CT molecular complexity index is 714. The van der Waals surface area contributed by atoms with Crippen molar-refractivity contribution >= 4 is 11.2 Å². The predicted octanol–water partition coefficient (Wildman–Crippen LogP) is 3.21. The van der Waals surface area contributed by atoms with Crippen molar-refractivity contribution in [2.45, 2.75) is 6.92 Å². The maximum atomic E-state index is 13.6. The molecule has 1 N–H and O–H groups in total. The molecule has 0 saturated carbocycles. The van der Waals surface area contributed by atoms with E-state index in [1.807, 2.05) is 13.0 Å². The van der Waals surface area contributed by atoms with Crippen LogP contribution in [0.1, 0.15) is 5.56 Å². The van der Waals surface area contributed by atoms with Gasteiger partial charge in [-0.25, -0.2) is 18.7 Å². The normalized spacial score (nSPS) is 11.1. The van der Waals surface area contributed by atoms with Crippen LogP contribution in [0, 0.1) is 18.6 Å². The highest BCUT2D eigenvalue weighted by Crippen LogP contribution is 2.25. The van der Waals surface area contributed by atoms with E-state index < -0.39 is 11.6 Å². The minimum Gasteiger partial charge on any atom is -0.336 e. The van der Waals surface area contributed by atoms with Crippen LogP contribution in [0.4, 0.5) is 8.78 Å². The molecule has 0 aliphatic carbocycles. The third-order valence-corrected chi connectivity index (χ3v) is 2.67. The van der Waals surface area contributed by atoms with Gasteiger partial charge in [-0.05, 0) is 30.7 Å². The highest BCUT2D eigenvalue weighted by atomic mass is 19.1. The number of aryl methyl sites for hydroxylation is 1. The molecule has 0 amide bonds. The zero-order valence-electron chi connectivity index (χ0n) is 9.54. The van der Waals surface area contributed by atoms with Crippen molar-refractivity contribution < 1.29 is 8.78 Å². The fourth-order valence-corrected chi connectivity index (χ4v) is 1.85. The first-order chi connectivity index (χ1) is 8.65. The molecule has 0 saturated heterocycles. The third-order valence-electron chi connectivity index (χ3n) is 2.67. The molecule has 0 bridgehead atoms. The molecule has 90 valence electrons. The van der Waals surface area contributed by atoms with E-state index in [0.29, 0.717) is 11.2 Å². The van der Waals surface area contributed by atoms with E-state index in [0.717, 1.165) is 5.56 Å². The first-order valence-corrected chi connectivity index (χ1v) is 5.42. The number of benzene rings is 1. The minimum absolute atomic E-state index is 0.152. The Labute approximate surface area is 102 Å². The summed E-state index contributed by atoms with van der Waals surface area (Å²) in [6, 6.07) is 5.55. The van der Waals surface area contributed by atoms with E-state index in [2.05, 4.69) is 15.0 Å². The summed E-state index contributed by atoms with van der Waals surface area (Å²) in [4.78, 5) is 11.1. The number of nitrogens with one attached hydrogen (secondary N) is 1. The molecule has 0 radical (unpaired) electrons. The fourth-order valence-electron chi connectivity index (χ4n) is 1.85. The number of H-pyrrole nitrogens is 1. The Morgan fingerprint density at radius 1 is 1.17 bits per heavy atom. The standard InChI is InChI=1S/C13H9F2N3/c1-7-5-10-12(16-6-7)18-13(17-10)11-8(14)3-2-4-9(11)15/h2-6H,1H3,(H,16,17,18). The van der Waals surface area contributed by atoms with Gasteiger partial charge >= 0.3 is 0 Å². The summed E-state index contributed by atoms with van der Waals surface area (Å²) in [5, 5.41) is 0. The molecule has 2 heterocycles. The molecule has 0 atom stereocenters. The summed E-state index contributed by atoms with van der Waals surface area (Å²) < 4.78 is 27.2. The van der Waals surface area contributed by atoms with Crippen LogP contribution in [0.5, 0.6) is 0 Å². The lowest BCUT2D eigenvalue weighted by molar-refractivity contribution is 0.588. The van der Waals surface area contributed by atoms with Gasteiger partial charge in [-0.3, -0.25) is 0 Å². The van der Waals surface area contributed by atoms with E-state index in [4.69, 9.17) is 0 Å². The second-order valence-corrected chi connectivity index (χ2v) is 4.07.